The fraction of sp³-hybridized carbons (Fsp3) is 0. The maximum absolute atomic E-state index is 8.79. The molecule has 11 rings (SSSR count). The van der Waals surface area contributed by atoms with Gasteiger partial charge in [0.05, 0.1) is 17.9 Å². The first kappa shape index (κ1) is 23.7. The maximum Gasteiger partial charge on any atom is 0.165 e. The fourth-order valence-corrected chi connectivity index (χ4v) is 8.51. The lowest BCUT2D eigenvalue weighted by molar-refractivity contribution is 0.669. The number of furan rings is 1. The zero-order valence-electron chi connectivity index (χ0n) is 31.7. The van der Waals surface area contributed by atoms with Crippen LogP contribution in [0, 0.1) is 0 Å². The van der Waals surface area contributed by atoms with Crippen LogP contribution in [0.15, 0.2) is 162 Å². The molecule has 4 aromatic heterocycles. The van der Waals surface area contributed by atoms with Gasteiger partial charge in [0.25, 0.3) is 0 Å². The molecule has 0 N–H and O–H groups in total. The molecule has 238 valence electrons. The zero-order valence-corrected chi connectivity index (χ0v) is 27.5. The molecule has 0 spiro atoms. The van der Waals surface area contributed by atoms with Crippen LogP contribution in [0.1, 0.15) is 6.85 Å². The molecule has 0 aliphatic rings. The van der Waals surface area contributed by atoms with Crippen molar-refractivity contribution in [3.05, 3.63) is 158 Å². The van der Waals surface area contributed by atoms with Crippen molar-refractivity contribution in [1.29, 1.82) is 0 Å². The molecule has 0 unspecified atom stereocenters. The minimum Gasteiger partial charge on any atom is -0.456 e. The van der Waals surface area contributed by atoms with Crippen molar-refractivity contribution < 1.29 is 11.3 Å². The fourth-order valence-electron chi connectivity index (χ4n) is 7.27. The summed E-state index contributed by atoms with van der Waals surface area (Å²) in [6, 6.07) is 40.9. The summed E-state index contributed by atoms with van der Waals surface area (Å²) in [6.07, 6.45) is 0. The van der Waals surface area contributed by atoms with E-state index in [9.17, 15) is 0 Å². The van der Waals surface area contributed by atoms with Crippen molar-refractivity contribution in [2.24, 2.45) is 0 Å². The lowest BCUT2D eigenvalue weighted by Gasteiger charge is -2.09. The number of fused-ring (bicyclic) bond motifs is 9. The molecule has 11 aromatic rings. The Bertz CT molecular complexity index is 3380. The van der Waals surface area contributed by atoms with Crippen LogP contribution < -0.4 is 0 Å². The second-order valence-electron chi connectivity index (χ2n) is 12.4. The summed E-state index contributed by atoms with van der Waals surface area (Å²) in [6.45, 7) is 0. The number of thiophene rings is 1. The molecule has 0 radical (unpaired) electrons. The molecule has 5 nitrogen and oxygen atoms in total. The summed E-state index contributed by atoms with van der Waals surface area (Å²) in [5.74, 6) is 0.589. The van der Waals surface area contributed by atoms with Crippen LogP contribution in [0.2, 0.25) is 0 Å². The van der Waals surface area contributed by atoms with Crippen molar-refractivity contribution in [1.82, 2.24) is 19.5 Å². The first-order valence-electron chi connectivity index (χ1n) is 19.0. The van der Waals surface area contributed by atoms with Crippen LogP contribution in [-0.4, -0.2) is 19.5 Å². The van der Waals surface area contributed by atoms with Crippen molar-refractivity contribution >= 4 is 75.3 Å². The minimum absolute atomic E-state index is 0.0153. The van der Waals surface area contributed by atoms with Crippen molar-refractivity contribution in [2.45, 2.75) is 0 Å². The van der Waals surface area contributed by atoms with E-state index in [0.29, 0.717) is 17.0 Å². The van der Waals surface area contributed by atoms with Crippen LogP contribution in [0.25, 0.3) is 104 Å². The number of hydrogen-bond acceptors (Lipinski definition) is 5. The largest absolute Gasteiger partial charge is 0.456 e. The van der Waals surface area contributed by atoms with Crippen LogP contribution in [0.3, 0.4) is 0 Å². The predicted molar refractivity (Wildman–Crippen MR) is 211 cm³/mol. The Morgan fingerprint density at radius 1 is 0.510 bits per heavy atom. The highest BCUT2D eigenvalue weighted by molar-refractivity contribution is 7.26. The van der Waals surface area contributed by atoms with Crippen molar-refractivity contribution in [2.75, 3.05) is 0 Å². The summed E-state index contributed by atoms with van der Waals surface area (Å²) < 4.78 is 53.1. The van der Waals surface area contributed by atoms with Gasteiger partial charge in [0.2, 0.25) is 0 Å². The van der Waals surface area contributed by atoms with Gasteiger partial charge >= 0.3 is 0 Å². The molecule has 7 aromatic carbocycles. The third-order valence-electron chi connectivity index (χ3n) is 9.56. The Kier molecular flexibility index (Phi) is 5.08. The highest BCUT2D eigenvalue weighted by atomic mass is 32.1. The van der Waals surface area contributed by atoms with Crippen molar-refractivity contribution in [3.63, 3.8) is 0 Å². The molecular weight excluding hydrogens is 645 g/mol. The number of benzene rings is 7. The van der Waals surface area contributed by atoms with E-state index >= 15 is 0 Å². The predicted octanol–water partition coefficient (Wildman–Crippen LogP) is 12.2. The molecular formula is C45H26N4OS. The normalized spacial score (nSPS) is 13.3. The Hall–Kier alpha value is -6.63. The molecule has 0 aliphatic carbocycles. The quantitative estimate of drug-likeness (QED) is 0.186. The SMILES string of the molecule is [2H]c1c([2H])c([2H])c(-c2nc(-c3ccc4c(c3)oc3ccccc34)nc(-c3cccc4c3sc3cc(-n5c6ccccc6c6ccccc65)ccc34)n2)c([2H])c1[2H]. The van der Waals surface area contributed by atoms with Gasteiger partial charge in [0, 0.05) is 64.1 Å². The first-order valence-corrected chi connectivity index (χ1v) is 17.3. The first-order chi connectivity index (χ1) is 27.3. The summed E-state index contributed by atoms with van der Waals surface area (Å²) in [5.41, 5.74) is 6.01. The third kappa shape index (κ3) is 4.37. The topological polar surface area (TPSA) is 56.7 Å². The van der Waals surface area contributed by atoms with Gasteiger partial charge in [0.1, 0.15) is 11.2 Å². The van der Waals surface area contributed by atoms with Crippen molar-refractivity contribution in [3.8, 4) is 39.9 Å². The van der Waals surface area contributed by atoms with Gasteiger partial charge in [-0.05, 0) is 48.5 Å². The number of hydrogen-bond donors (Lipinski definition) is 0. The van der Waals surface area contributed by atoms with Gasteiger partial charge in [-0.25, -0.2) is 15.0 Å². The summed E-state index contributed by atoms with van der Waals surface area (Å²) in [4.78, 5) is 14.7. The summed E-state index contributed by atoms with van der Waals surface area (Å²) >= 11 is 1.64. The van der Waals surface area contributed by atoms with E-state index in [1.807, 2.05) is 54.6 Å². The van der Waals surface area contributed by atoms with Gasteiger partial charge in [-0.15, -0.1) is 11.3 Å². The molecule has 0 saturated heterocycles. The maximum atomic E-state index is 8.79. The van der Waals surface area contributed by atoms with E-state index in [0.717, 1.165) is 58.8 Å². The number of rotatable bonds is 4. The molecule has 0 atom stereocenters. The van der Waals surface area contributed by atoms with E-state index in [2.05, 4.69) is 77.4 Å². The lowest BCUT2D eigenvalue weighted by Crippen LogP contribution is -2.00. The molecule has 0 fully saturated rings. The standard InChI is InChI=1S/C45H26N4OS/c1-2-11-27(12-3-1)43-46-44(28-21-23-33-32-15-6-9-20-39(32)50-40(33)25-28)48-45(47-43)36-17-10-16-35-34-24-22-29(26-41(34)51-42(35)36)49-37-18-7-4-13-30(37)31-14-5-8-19-38(31)49/h1-26H/i1D,2D,3D,11D,12D. The Morgan fingerprint density at radius 2 is 1.16 bits per heavy atom. The third-order valence-corrected chi connectivity index (χ3v) is 10.8. The van der Waals surface area contributed by atoms with E-state index in [4.69, 9.17) is 26.2 Å². The number of nitrogens with zero attached hydrogens (tertiary/aromatic N) is 4. The minimum atomic E-state index is -0.482. The Balaban J connectivity index is 1.14. The van der Waals surface area contributed by atoms with E-state index < -0.39 is 18.1 Å². The molecule has 51 heavy (non-hydrogen) atoms. The van der Waals surface area contributed by atoms with Gasteiger partial charge in [-0.3, -0.25) is 0 Å². The van der Waals surface area contributed by atoms with Gasteiger partial charge in [0.15, 0.2) is 17.5 Å². The van der Waals surface area contributed by atoms with Crippen LogP contribution in [0.5, 0.6) is 0 Å². The second kappa shape index (κ2) is 10.9. The molecule has 0 saturated carbocycles. The van der Waals surface area contributed by atoms with Gasteiger partial charge in [-0.1, -0.05) is 109 Å². The monoisotopic (exact) mass is 675 g/mol. The number of aromatic nitrogens is 4. The van der Waals surface area contributed by atoms with E-state index in [1.54, 1.807) is 11.3 Å². The van der Waals surface area contributed by atoms with E-state index in [-0.39, 0.29) is 29.3 Å². The smallest absolute Gasteiger partial charge is 0.165 e. The molecule has 4 heterocycles. The van der Waals surface area contributed by atoms with Gasteiger partial charge < -0.3 is 8.98 Å². The summed E-state index contributed by atoms with van der Waals surface area (Å²) in [7, 11) is 0. The molecule has 6 heteroatoms. The van der Waals surface area contributed by atoms with Crippen LogP contribution >= 0.6 is 11.3 Å². The average Bonchev–Trinajstić information content (AvgIpc) is 3.91. The highest BCUT2D eigenvalue weighted by Gasteiger charge is 2.19. The van der Waals surface area contributed by atoms with Crippen LogP contribution in [-0.2, 0) is 0 Å². The Morgan fingerprint density at radius 3 is 1.96 bits per heavy atom. The molecule has 0 bridgehead atoms. The van der Waals surface area contributed by atoms with E-state index in [1.165, 1.54) is 10.8 Å². The highest BCUT2D eigenvalue weighted by Crippen LogP contribution is 2.42. The average molecular weight is 676 g/mol. The second-order valence-corrected chi connectivity index (χ2v) is 13.5. The summed E-state index contributed by atoms with van der Waals surface area (Å²) in [5, 5.41) is 6.45. The zero-order chi connectivity index (χ0) is 37.8. The molecule has 0 amide bonds. The van der Waals surface area contributed by atoms with Gasteiger partial charge in [-0.2, -0.15) is 0 Å². The van der Waals surface area contributed by atoms with Crippen LogP contribution in [0.4, 0.5) is 0 Å². The lowest BCUT2D eigenvalue weighted by atomic mass is 10.1. The number of para-hydroxylation sites is 3. The molecule has 0 aliphatic heterocycles. The Labute approximate surface area is 302 Å².